The summed E-state index contributed by atoms with van der Waals surface area (Å²) in [6.45, 7) is 2.14. The number of carbonyl (C=O) groups is 1. The third-order valence-electron chi connectivity index (χ3n) is 3.72. The number of nitrogens with zero attached hydrogens (tertiary/aromatic N) is 2. The van der Waals surface area contributed by atoms with Crippen LogP contribution in [0, 0.1) is 0 Å². The topological polar surface area (TPSA) is 64.1 Å². The molecule has 0 saturated carbocycles. The van der Waals surface area contributed by atoms with Crippen LogP contribution in [0.2, 0.25) is 10.0 Å². The van der Waals surface area contributed by atoms with Gasteiger partial charge in [-0.2, -0.15) is 0 Å². The lowest BCUT2D eigenvalue weighted by molar-refractivity contribution is -0.115. The van der Waals surface area contributed by atoms with Crippen molar-refractivity contribution in [1.82, 2.24) is 9.97 Å². The summed E-state index contributed by atoms with van der Waals surface area (Å²) in [5.74, 6) is 0.644. The van der Waals surface area contributed by atoms with E-state index in [9.17, 15) is 4.79 Å². The Morgan fingerprint density at radius 2 is 1.96 bits per heavy atom. The quantitative estimate of drug-likeness (QED) is 0.499. The molecule has 1 atom stereocenters. The highest BCUT2D eigenvalue weighted by Crippen LogP contribution is 2.33. The molecule has 0 saturated heterocycles. The predicted octanol–water partition coefficient (Wildman–Crippen LogP) is 5.48. The van der Waals surface area contributed by atoms with Crippen molar-refractivity contribution in [1.29, 1.82) is 0 Å². The van der Waals surface area contributed by atoms with Gasteiger partial charge in [0.05, 0.1) is 10.3 Å². The van der Waals surface area contributed by atoms with Crippen LogP contribution in [0.25, 0.3) is 0 Å². The van der Waals surface area contributed by atoms with Gasteiger partial charge in [0.2, 0.25) is 5.91 Å². The number of nitrogens with one attached hydrogen (secondary N) is 1. The van der Waals surface area contributed by atoms with Gasteiger partial charge in [0.25, 0.3) is 0 Å². The van der Waals surface area contributed by atoms with Crippen molar-refractivity contribution in [2.24, 2.45) is 0 Å². The molecule has 0 aliphatic carbocycles. The van der Waals surface area contributed by atoms with Gasteiger partial charge < -0.3 is 10.1 Å². The maximum Gasteiger partial charge on any atom is 0.238 e. The highest BCUT2D eigenvalue weighted by molar-refractivity contribution is 8.00. The number of carbonyl (C=O) groups excluding carboxylic acids is 1. The summed E-state index contributed by atoms with van der Waals surface area (Å²) in [4.78, 5) is 21.6. The van der Waals surface area contributed by atoms with Crippen molar-refractivity contribution in [3.8, 4) is 5.75 Å². The van der Waals surface area contributed by atoms with E-state index in [1.807, 2.05) is 12.1 Å². The molecule has 0 spiro atoms. The number of hydrogen-bond acceptors (Lipinski definition) is 5. The molecule has 1 unspecified atom stereocenters. The largest absolute Gasteiger partial charge is 0.485 e. The Morgan fingerprint density at radius 3 is 2.75 bits per heavy atom. The van der Waals surface area contributed by atoms with E-state index in [2.05, 4.69) is 15.3 Å². The van der Waals surface area contributed by atoms with E-state index >= 15 is 0 Å². The lowest BCUT2D eigenvalue weighted by Crippen LogP contribution is -2.23. The average Bonchev–Trinajstić information content (AvgIpc) is 2.70. The molecule has 1 aromatic carbocycles. The zero-order chi connectivity index (χ0) is 19.9. The smallest absolute Gasteiger partial charge is 0.238 e. The minimum absolute atomic E-state index is 0.214. The number of thioether (sulfide) groups is 1. The van der Waals surface area contributed by atoms with E-state index in [1.165, 1.54) is 11.8 Å². The van der Waals surface area contributed by atoms with Crippen LogP contribution >= 0.6 is 35.0 Å². The fourth-order valence-corrected chi connectivity index (χ4v) is 3.68. The van der Waals surface area contributed by atoms with Gasteiger partial charge in [0.1, 0.15) is 6.61 Å². The van der Waals surface area contributed by atoms with Crippen molar-refractivity contribution in [2.45, 2.75) is 23.7 Å². The summed E-state index contributed by atoms with van der Waals surface area (Å²) < 4.78 is 5.81. The Hall–Kier alpha value is -2.28. The number of aromatic nitrogens is 2. The second-order valence-electron chi connectivity index (χ2n) is 5.82. The van der Waals surface area contributed by atoms with Gasteiger partial charge in [0, 0.05) is 28.5 Å². The Bertz CT molecular complexity index is 957. The first-order valence-electron chi connectivity index (χ1n) is 8.42. The van der Waals surface area contributed by atoms with Crippen molar-refractivity contribution in [3.05, 3.63) is 76.7 Å². The predicted molar refractivity (Wildman–Crippen MR) is 113 cm³/mol. The lowest BCUT2D eigenvalue weighted by atomic mass is 10.3. The standard InChI is InChI=1S/C20H17Cl2N3O2S/c1-13(28-18-11-15(21)4-5-16(18)22)20(26)25-19-17(3-2-8-24-19)27-12-14-6-9-23-10-7-14/h2-11,13H,12H2,1H3,(H,24,25,26). The zero-order valence-corrected chi connectivity index (χ0v) is 17.3. The fourth-order valence-electron chi connectivity index (χ4n) is 2.27. The Kier molecular flexibility index (Phi) is 7.14. The number of hydrogen-bond donors (Lipinski definition) is 1. The minimum atomic E-state index is -0.411. The maximum absolute atomic E-state index is 12.6. The molecule has 3 aromatic rings. The molecule has 2 aromatic heterocycles. The Balaban J connectivity index is 1.65. The van der Waals surface area contributed by atoms with E-state index in [0.29, 0.717) is 28.2 Å². The first-order valence-corrected chi connectivity index (χ1v) is 10.1. The van der Waals surface area contributed by atoms with E-state index in [0.717, 1.165) is 10.5 Å². The fraction of sp³-hybridized carbons (Fsp3) is 0.150. The van der Waals surface area contributed by atoms with Crippen LogP contribution in [-0.2, 0) is 11.4 Å². The van der Waals surface area contributed by atoms with Crippen LogP contribution in [0.15, 0.2) is 66.0 Å². The number of pyridine rings is 2. The molecular weight excluding hydrogens is 417 g/mol. The van der Waals surface area contributed by atoms with E-state index in [1.54, 1.807) is 55.8 Å². The van der Waals surface area contributed by atoms with E-state index < -0.39 is 5.25 Å². The number of halogens is 2. The van der Waals surface area contributed by atoms with Crippen LogP contribution in [0.3, 0.4) is 0 Å². The lowest BCUT2D eigenvalue weighted by Gasteiger charge is -2.15. The molecule has 8 heteroatoms. The number of ether oxygens (including phenoxy) is 1. The molecule has 144 valence electrons. The molecule has 3 rings (SSSR count). The summed E-state index contributed by atoms with van der Waals surface area (Å²) in [6.07, 6.45) is 5.00. The Labute approximate surface area is 177 Å². The van der Waals surface area contributed by atoms with Crippen LogP contribution in [0.5, 0.6) is 5.75 Å². The molecule has 0 bridgehead atoms. The second kappa shape index (κ2) is 9.78. The minimum Gasteiger partial charge on any atom is -0.485 e. The molecule has 28 heavy (non-hydrogen) atoms. The molecule has 0 aliphatic heterocycles. The first-order chi connectivity index (χ1) is 13.5. The average molecular weight is 434 g/mol. The molecular formula is C20H17Cl2N3O2S. The van der Waals surface area contributed by atoms with Gasteiger partial charge >= 0.3 is 0 Å². The van der Waals surface area contributed by atoms with Crippen molar-refractivity contribution < 1.29 is 9.53 Å². The first kappa shape index (κ1) is 20.5. The van der Waals surface area contributed by atoms with Crippen molar-refractivity contribution >= 4 is 46.7 Å². The van der Waals surface area contributed by atoms with Gasteiger partial charge in [-0.1, -0.05) is 23.2 Å². The SMILES string of the molecule is CC(Sc1cc(Cl)ccc1Cl)C(=O)Nc1ncccc1OCc1ccncc1. The molecule has 2 heterocycles. The van der Waals surface area contributed by atoms with Crippen LogP contribution in [0.1, 0.15) is 12.5 Å². The molecule has 5 nitrogen and oxygen atoms in total. The van der Waals surface area contributed by atoms with Crippen LogP contribution in [-0.4, -0.2) is 21.1 Å². The van der Waals surface area contributed by atoms with E-state index in [-0.39, 0.29) is 5.91 Å². The van der Waals surface area contributed by atoms with Gasteiger partial charge in [0.15, 0.2) is 11.6 Å². The van der Waals surface area contributed by atoms with Crippen LogP contribution in [0.4, 0.5) is 5.82 Å². The molecule has 0 radical (unpaired) electrons. The van der Waals surface area contributed by atoms with E-state index in [4.69, 9.17) is 27.9 Å². The summed E-state index contributed by atoms with van der Waals surface area (Å²) in [6, 6.07) is 12.4. The van der Waals surface area contributed by atoms with Gasteiger partial charge in [-0.3, -0.25) is 9.78 Å². The van der Waals surface area contributed by atoms with Gasteiger partial charge in [-0.05, 0) is 55.0 Å². The summed E-state index contributed by atoms with van der Waals surface area (Å²) in [5.41, 5.74) is 0.968. The number of benzene rings is 1. The zero-order valence-electron chi connectivity index (χ0n) is 14.9. The molecule has 0 fully saturated rings. The third-order valence-corrected chi connectivity index (χ3v) is 5.56. The monoisotopic (exact) mass is 433 g/mol. The summed E-state index contributed by atoms with van der Waals surface area (Å²) in [7, 11) is 0. The van der Waals surface area contributed by atoms with Crippen molar-refractivity contribution in [3.63, 3.8) is 0 Å². The molecule has 0 aliphatic rings. The second-order valence-corrected chi connectivity index (χ2v) is 8.04. The van der Waals surface area contributed by atoms with Gasteiger partial charge in [-0.25, -0.2) is 4.98 Å². The highest BCUT2D eigenvalue weighted by atomic mass is 35.5. The maximum atomic E-state index is 12.6. The summed E-state index contributed by atoms with van der Waals surface area (Å²) in [5, 5.41) is 3.52. The summed E-state index contributed by atoms with van der Waals surface area (Å²) >= 11 is 13.5. The van der Waals surface area contributed by atoms with Gasteiger partial charge in [-0.15, -0.1) is 11.8 Å². The number of rotatable bonds is 7. The number of amides is 1. The molecule has 1 N–H and O–H groups in total. The Morgan fingerprint density at radius 1 is 1.18 bits per heavy atom. The highest BCUT2D eigenvalue weighted by Gasteiger charge is 2.18. The molecule has 1 amide bonds. The number of anilines is 1. The van der Waals surface area contributed by atoms with Crippen molar-refractivity contribution in [2.75, 3.05) is 5.32 Å². The normalized spacial score (nSPS) is 11.7. The van der Waals surface area contributed by atoms with Crippen LogP contribution < -0.4 is 10.1 Å². The third kappa shape index (κ3) is 5.61.